The van der Waals surface area contributed by atoms with Crippen LogP contribution >= 0.6 is 0 Å². The van der Waals surface area contributed by atoms with E-state index >= 15 is 0 Å². The molecule has 0 aliphatic carbocycles. The molecule has 0 radical (unpaired) electrons. The van der Waals surface area contributed by atoms with Gasteiger partial charge in [0.2, 0.25) is 0 Å². The monoisotopic (exact) mass is 278 g/mol. The molecule has 0 aliphatic rings. The summed E-state index contributed by atoms with van der Waals surface area (Å²) in [6.07, 6.45) is 6.50. The van der Waals surface area contributed by atoms with Crippen LogP contribution in [0, 0.1) is 0 Å². The molecule has 0 bridgehead atoms. The normalized spacial score (nSPS) is 12.0. The van der Waals surface area contributed by atoms with Gasteiger partial charge in [0.15, 0.2) is 5.82 Å². The van der Waals surface area contributed by atoms with Crippen LogP contribution in [0.25, 0.3) is 5.82 Å². The number of rotatable bonds is 5. The number of aromatic nitrogens is 3. The Morgan fingerprint density at radius 3 is 2.57 bits per heavy atom. The second kappa shape index (κ2) is 6.22. The van der Waals surface area contributed by atoms with Crippen LogP contribution in [0.4, 0.5) is 5.69 Å². The summed E-state index contributed by atoms with van der Waals surface area (Å²) in [5, 5.41) is 7.70. The Labute approximate surface area is 124 Å². The maximum atomic E-state index is 4.44. The number of hydrogen-bond donors (Lipinski definition) is 1. The molecule has 0 aliphatic heterocycles. The Hall–Kier alpha value is -2.62. The Morgan fingerprint density at radius 2 is 1.95 bits per heavy atom. The van der Waals surface area contributed by atoms with Gasteiger partial charge in [-0.1, -0.05) is 37.3 Å². The SMILES string of the molecule is CCC(Nc1ccc(-n2cccn2)nc1)c1ccccc1. The zero-order chi connectivity index (χ0) is 14.5. The molecular formula is C17H18N4. The molecule has 0 fully saturated rings. The zero-order valence-electron chi connectivity index (χ0n) is 12.0. The average molecular weight is 278 g/mol. The molecule has 2 heterocycles. The highest BCUT2D eigenvalue weighted by atomic mass is 15.3. The van der Waals surface area contributed by atoms with E-state index in [9.17, 15) is 0 Å². The molecule has 21 heavy (non-hydrogen) atoms. The second-order valence-corrected chi connectivity index (χ2v) is 4.87. The van der Waals surface area contributed by atoms with Gasteiger partial charge in [0.1, 0.15) is 0 Å². The van der Waals surface area contributed by atoms with Gasteiger partial charge in [0.25, 0.3) is 0 Å². The predicted octanol–water partition coefficient (Wildman–Crippen LogP) is 3.83. The number of pyridine rings is 1. The van der Waals surface area contributed by atoms with E-state index in [2.05, 4.69) is 46.6 Å². The lowest BCUT2D eigenvalue weighted by molar-refractivity contribution is 0.748. The molecule has 0 spiro atoms. The summed E-state index contributed by atoms with van der Waals surface area (Å²) in [5.41, 5.74) is 2.30. The van der Waals surface area contributed by atoms with Gasteiger partial charge in [0, 0.05) is 12.4 Å². The quantitative estimate of drug-likeness (QED) is 0.771. The number of nitrogens with zero attached hydrogens (tertiary/aromatic N) is 3. The molecule has 3 rings (SSSR count). The van der Waals surface area contributed by atoms with Gasteiger partial charge in [-0.3, -0.25) is 0 Å². The highest BCUT2D eigenvalue weighted by Crippen LogP contribution is 2.22. The molecule has 0 saturated carbocycles. The maximum absolute atomic E-state index is 4.44. The molecule has 0 amide bonds. The molecular weight excluding hydrogens is 260 g/mol. The van der Waals surface area contributed by atoms with E-state index in [1.54, 1.807) is 10.9 Å². The van der Waals surface area contributed by atoms with Crippen molar-refractivity contribution in [3.63, 3.8) is 0 Å². The van der Waals surface area contributed by atoms with Crippen molar-refractivity contribution in [2.24, 2.45) is 0 Å². The highest BCUT2D eigenvalue weighted by Gasteiger charge is 2.08. The summed E-state index contributed by atoms with van der Waals surface area (Å²) in [6, 6.07) is 16.6. The third-order valence-electron chi connectivity index (χ3n) is 3.44. The summed E-state index contributed by atoms with van der Waals surface area (Å²) < 4.78 is 1.75. The van der Waals surface area contributed by atoms with Gasteiger partial charge in [-0.05, 0) is 30.2 Å². The van der Waals surface area contributed by atoms with Gasteiger partial charge in [-0.15, -0.1) is 0 Å². The fraction of sp³-hybridized carbons (Fsp3) is 0.176. The topological polar surface area (TPSA) is 42.7 Å². The van der Waals surface area contributed by atoms with Crippen molar-refractivity contribution in [1.29, 1.82) is 0 Å². The van der Waals surface area contributed by atoms with Gasteiger partial charge in [-0.2, -0.15) is 5.10 Å². The highest BCUT2D eigenvalue weighted by molar-refractivity contribution is 5.45. The van der Waals surface area contributed by atoms with Crippen molar-refractivity contribution in [1.82, 2.24) is 14.8 Å². The fourth-order valence-corrected chi connectivity index (χ4v) is 2.32. The van der Waals surface area contributed by atoms with Crippen molar-refractivity contribution in [3.05, 3.63) is 72.7 Å². The van der Waals surface area contributed by atoms with Gasteiger partial charge >= 0.3 is 0 Å². The minimum absolute atomic E-state index is 0.295. The van der Waals surface area contributed by atoms with Crippen molar-refractivity contribution in [2.75, 3.05) is 5.32 Å². The van der Waals surface area contributed by atoms with Crippen molar-refractivity contribution in [2.45, 2.75) is 19.4 Å². The van der Waals surface area contributed by atoms with E-state index in [1.165, 1.54) is 5.56 Å². The Balaban J connectivity index is 1.75. The summed E-state index contributed by atoms with van der Waals surface area (Å²) in [5.74, 6) is 0.818. The van der Waals surface area contributed by atoms with Crippen LogP contribution in [0.5, 0.6) is 0 Å². The van der Waals surface area contributed by atoms with Crippen LogP contribution in [0.15, 0.2) is 67.1 Å². The number of hydrogen-bond acceptors (Lipinski definition) is 3. The Morgan fingerprint density at radius 1 is 1.10 bits per heavy atom. The van der Waals surface area contributed by atoms with Crippen LogP contribution in [0.3, 0.4) is 0 Å². The van der Waals surface area contributed by atoms with Crippen molar-refractivity contribution >= 4 is 5.69 Å². The first-order valence-electron chi connectivity index (χ1n) is 7.14. The molecule has 0 saturated heterocycles. The molecule has 1 aromatic carbocycles. The van der Waals surface area contributed by atoms with Crippen LogP contribution in [-0.4, -0.2) is 14.8 Å². The van der Waals surface area contributed by atoms with Crippen LogP contribution < -0.4 is 5.32 Å². The second-order valence-electron chi connectivity index (χ2n) is 4.87. The molecule has 3 aromatic rings. The fourth-order valence-electron chi connectivity index (χ4n) is 2.32. The smallest absolute Gasteiger partial charge is 0.153 e. The zero-order valence-corrected chi connectivity index (χ0v) is 12.0. The largest absolute Gasteiger partial charge is 0.377 e. The van der Waals surface area contributed by atoms with Crippen molar-refractivity contribution < 1.29 is 0 Å². The lowest BCUT2D eigenvalue weighted by Gasteiger charge is -2.18. The molecule has 2 aromatic heterocycles. The molecule has 1 unspecified atom stereocenters. The summed E-state index contributed by atoms with van der Waals surface area (Å²) in [6.45, 7) is 2.18. The number of nitrogens with one attached hydrogen (secondary N) is 1. The van der Waals surface area contributed by atoms with E-state index < -0.39 is 0 Å². The Kier molecular flexibility index (Phi) is 3.96. The maximum Gasteiger partial charge on any atom is 0.153 e. The van der Waals surface area contributed by atoms with E-state index in [4.69, 9.17) is 0 Å². The van der Waals surface area contributed by atoms with E-state index in [0.717, 1.165) is 17.9 Å². The van der Waals surface area contributed by atoms with E-state index in [0.29, 0.717) is 6.04 Å². The number of anilines is 1. The summed E-state index contributed by atoms with van der Waals surface area (Å²) >= 11 is 0. The van der Waals surface area contributed by atoms with Gasteiger partial charge in [-0.25, -0.2) is 9.67 Å². The van der Waals surface area contributed by atoms with Crippen LogP contribution in [0.2, 0.25) is 0 Å². The van der Waals surface area contributed by atoms with E-state index in [-0.39, 0.29) is 0 Å². The summed E-state index contributed by atoms with van der Waals surface area (Å²) in [7, 11) is 0. The van der Waals surface area contributed by atoms with Crippen LogP contribution in [0.1, 0.15) is 24.9 Å². The first kappa shape index (κ1) is 13.4. The van der Waals surface area contributed by atoms with Crippen molar-refractivity contribution in [3.8, 4) is 5.82 Å². The minimum Gasteiger partial charge on any atom is -0.377 e. The standard InChI is InChI=1S/C17H18N4/c1-2-16(14-7-4-3-5-8-14)20-15-9-10-17(18-13-15)21-12-6-11-19-21/h3-13,16,20H,2H2,1H3. The summed E-state index contributed by atoms with van der Waals surface area (Å²) in [4.78, 5) is 4.44. The first-order chi connectivity index (χ1) is 10.4. The Bertz CT molecular complexity index is 660. The lowest BCUT2D eigenvalue weighted by atomic mass is 10.0. The molecule has 4 heteroatoms. The van der Waals surface area contributed by atoms with Crippen LogP contribution in [-0.2, 0) is 0 Å². The first-order valence-corrected chi connectivity index (χ1v) is 7.14. The van der Waals surface area contributed by atoms with Gasteiger partial charge < -0.3 is 5.32 Å². The third-order valence-corrected chi connectivity index (χ3v) is 3.44. The average Bonchev–Trinajstić information content (AvgIpc) is 3.08. The number of benzene rings is 1. The molecule has 1 N–H and O–H groups in total. The lowest BCUT2D eigenvalue weighted by Crippen LogP contribution is -2.10. The van der Waals surface area contributed by atoms with Gasteiger partial charge in [0.05, 0.1) is 17.9 Å². The third kappa shape index (κ3) is 3.11. The molecule has 4 nitrogen and oxygen atoms in total. The minimum atomic E-state index is 0.295. The molecule has 1 atom stereocenters. The van der Waals surface area contributed by atoms with E-state index in [1.807, 2.05) is 36.7 Å². The predicted molar refractivity (Wildman–Crippen MR) is 84.5 cm³/mol. The molecule has 106 valence electrons.